The summed E-state index contributed by atoms with van der Waals surface area (Å²) in [4.78, 5) is 38.7. The fourth-order valence-electron chi connectivity index (χ4n) is 2.78. The Bertz CT molecular complexity index is 1180. The molecule has 0 bridgehead atoms. The smallest absolute Gasteiger partial charge is 0.422 e. The van der Waals surface area contributed by atoms with E-state index in [1.54, 1.807) is 6.92 Å². The topological polar surface area (TPSA) is 93.2 Å². The maximum atomic E-state index is 12.6. The highest BCUT2D eigenvalue weighted by molar-refractivity contribution is 6.06. The number of nitrogens with zero attached hydrogens (tertiary/aromatic N) is 1. The third kappa shape index (κ3) is 4.48. The molecule has 0 saturated carbocycles. The first-order valence-corrected chi connectivity index (χ1v) is 8.56. The second-order valence-corrected chi connectivity index (χ2v) is 6.09. The number of halogens is 3. The molecule has 3 rings (SSSR count). The number of amides is 1. The first-order valence-electron chi connectivity index (χ1n) is 8.56. The number of anilines is 1. The molecule has 2 aromatic carbocycles. The number of aromatic nitrogens is 2. The maximum absolute atomic E-state index is 12.6. The molecule has 1 heterocycles. The number of benzene rings is 2. The molecule has 7 nitrogen and oxygen atoms in total. The molecule has 0 radical (unpaired) electrons. The van der Waals surface area contributed by atoms with E-state index in [-0.39, 0.29) is 29.1 Å². The van der Waals surface area contributed by atoms with Crippen LogP contribution in [0.5, 0.6) is 5.75 Å². The first kappa shape index (κ1) is 20.2. The molecular formula is C19H16F3N3O4. The largest absolute Gasteiger partial charge is 0.482 e. The van der Waals surface area contributed by atoms with Crippen LogP contribution in [0.3, 0.4) is 0 Å². The van der Waals surface area contributed by atoms with Gasteiger partial charge in [0.25, 0.3) is 5.91 Å². The van der Waals surface area contributed by atoms with E-state index in [0.29, 0.717) is 5.52 Å². The molecule has 0 aliphatic heterocycles. The van der Waals surface area contributed by atoms with Crippen LogP contribution in [-0.2, 0) is 6.54 Å². The van der Waals surface area contributed by atoms with Gasteiger partial charge >= 0.3 is 17.3 Å². The van der Waals surface area contributed by atoms with Gasteiger partial charge < -0.3 is 19.6 Å². The molecule has 0 saturated heterocycles. The van der Waals surface area contributed by atoms with Crippen LogP contribution in [0.4, 0.5) is 18.9 Å². The van der Waals surface area contributed by atoms with Gasteiger partial charge in [0.1, 0.15) is 5.75 Å². The van der Waals surface area contributed by atoms with Crippen molar-refractivity contribution in [1.82, 2.24) is 9.55 Å². The van der Waals surface area contributed by atoms with E-state index >= 15 is 0 Å². The van der Waals surface area contributed by atoms with Gasteiger partial charge in [-0.25, -0.2) is 0 Å². The Kier molecular flexibility index (Phi) is 5.44. The molecule has 0 aliphatic rings. The average molecular weight is 407 g/mol. The Hall–Kier alpha value is -3.56. The summed E-state index contributed by atoms with van der Waals surface area (Å²) >= 11 is 0. The molecule has 29 heavy (non-hydrogen) atoms. The monoisotopic (exact) mass is 407 g/mol. The highest BCUT2D eigenvalue weighted by Gasteiger charge is 2.29. The standard InChI is InChI=1S/C19H16F3N3O4/c1-2-25-14-8-7-11(9-13(14)24-17(27)18(25)28)16(26)23-12-5-3-4-6-15(12)29-10-19(20,21)22/h3-9H,2,10H2,1H3,(H,23,26)(H,24,27). The van der Waals surface area contributed by atoms with Gasteiger partial charge in [-0.3, -0.25) is 14.4 Å². The number of para-hydroxylation sites is 2. The maximum Gasteiger partial charge on any atom is 0.422 e. The Balaban J connectivity index is 1.90. The zero-order valence-corrected chi connectivity index (χ0v) is 15.2. The van der Waals surface area contributed by atoms with E-state index < -0.39 is 29.8 Å². The molecule has 0 atom stereocenters. The van der Waals surface area contributed by atoms with Gasteiger partial charge in [0.2, 0.25) is 0 Å². The third-order valence-corrected chi connectivity index (χ3v) is 4.08. The number of alkyl halides is 3. The fraction of sp³-hybridized carbons (Fsp3) is 0.211. The highest BCUT2D eigenvalue weighted by atomic mass is 19.4. The number of nitrogens with one attached hydrogen (secondary N) is 2. The summed E-state index contributed by atoms with van der Waals surface area (Å²) in [6.07, 6.45) is -4.52. The molecule has 0 unspecified atom stereocenters. The van der Waals surface area contributed by atoms with Crippen LogP contribution < -0.4 is 21.2 Å². The summed E-state index contributed by atoms with van der Waals surface area (Å²) in [6, 6.07) is 10.1. The van der Waals surface area contributed by atoms with Crippen molar-refractivity contribution in [1.29, 1.82) is 0 Å². The second-order valence-electron chi connectivity index (χ2n) is 6.09. The molecule has 10 heteroatoms. The lowest BCUT2D eigenvalue weighted by Crippen LogP contribution is -2.36. The summed E-state index contributed by atoms with van der Waals surface area (Å²) in [5.74, 6) is -0.753. The fourth-order valence-corrected chi connectivity index (χ4v) is 2.78. The van der Waals surface area contributed by atoms with Crippen LogP contribution in [0.25, 0.3) is 11.0 Å². The Morgan fingerprint density at radius 3 is 2.59 bits per heavy atom. The van der Waals surface area contributed by atoms with Crippen LogP contribution in [0, 0.1) is 0 Å². The van der Waals surface area contributed by atoms with E-state index in [9.17, 15) is 27.6 Å². The molecule has 2 N–H and O–H groups in total. The van der Waals surface area contributed by atoms with Crippen molar-refractivity contribution in [3.05, 3.63) is 68.7 Å². The number of ether oxygens (including phenoxy) is 1. The summed E-state index contributed by atoms with van der Waals surface area (Å²) in [5, 5.41) is 2.49. The number of aromatic amines is 1. The van der Waals surface area contributed by atoms with Crippen molar-refractivity contribution < 1.29 is 22.7 Å². The molecule has 152 valence electrons. The van der Waals surface area contributed by atoms with E-state index in [1.807, 2.05) is 0 Å². The van der Waals surface area contributed by atoms with Crippen LogP contribution in [-0.4, -0.2) is 28.2 Å². The van der Waals surface area contributed by atoms with Crippen LogP contribution in [0.15, 0.2) is 52.1 Å². The lowest BCUT2D eigenvalue weighted by atomic mass is 10.1. The van der Waals surface area contributed by atoms with Gasteiger partial charge in [0.05, 0.1) is 16.7 Å². The van der Waals surface area contributed by atoms with Crippen molar-refractivity contribution in [2.75, 3.05) is 11.9 Å². The van der Waals surface area contributed by atoms with Crippen molar-refractivity contribution >= 4 is 22.6 Å². The number of hydrogen-bond acceptors (Lipinski definition) is 4. The highest BCUT2D eigenvalue weighted by Crippen LogP contribution is 2.27. The third-order valence-electron chi connectivity index (χ3n) is 4.08. The van der Waals surface area contributed by atoms with E-state index in [0.717, 1.165) is 0 Å². The number of fused-ring (bicyclic) bond motifs is 1. The van der Waals surface area contributed by atoms with Crippen molar-refractivity contribution in [3.63, 3.8) is 0 Å². The van der Waals surface area contributed by atoms with Gasteiger partial charge in [0.15, 0.2) is 6.61 Å². The molecular weight excluding hydrogens is 391 g/mol. The molecule has 1 amide bonds. The number of hydrogen-bond donors (Lipinski definition) is 2. The second kappa shape index (κ2) is 7.82. The van der Waals surface area contributed by atoms with Crippen molar-refractivity contribution in [3.8, 4) is 5.75 Å². The summed E-state index contributed by atoms with van der Waals surface area (Å²) < 4.78 is 43.2. The zero-order valence-electron chi connectivity index (χ0n) is 15.2. The van der Waals surface area contributed by atoms with Gasteiger partial charge in [-0.2, -0.15) is 13.2 Å². The average Bonchev–Trinajstić information content (AvgIpc) is 2.67. The van der Waals surface area contributed by atoms with E-state index in [1.165, 1.54) is 47.0 Å². The van der Waals surface area contributed by atoms with Gasteiger partial charge in [-0.1, -0.05) is 12.1 Å². The minimum Gasteiger partial charge on any atom is -0.482 e. The lowest BCUT2D eigenvalue weighted by molar-refractivity contribution is -0.153. The minimum atomic E-state index is -4.52. The summed E-state index contributed by atoms with van der Waals surface area (Å²) in [6.45, 7) is 0.485. The van der Waals surface area contributed by atoms with Gasteiger partial charge in [-0.15, -0.1) is 0 Å². The number of aryl methyl sites for hydroxylation is 1. The molecule has 0 fully saturated rings. The van der Waals surface area contributed by atoms with Gasteiger partial charge in [0, 0.05) is 12.1 Å². The normalized spacial score (nSPS) is 11.4. The predicted octanol–water partition coefficient (Wildman–Crippen LogP) is 2.90. The Labute approximate surface area is 161 Å². The number of carbonyl (C=O) groups is 1. The Morgan fingerprint density at radius 1 is 1.17 bits per heavy atom. The quantitative estimate of drug-likeness (QED) is 0.636. The molecule has 0 aliphatic carbocycles. The molecule has 0 spiro atoms. The van der Waals surface area contributed by atoms with Gasteiger partial charge in [-0.05, 0) is 37.3 Å². The lowest BCUT2D eigenvalue weighted by Gasteiger charge is -2.14. The molecule has 1 aromatic heterocycles. The first-order chi connectivity index (χ1) is 13.7. The minimum absolute atomic E-state index is 0.0638. The number of H-pyrrole nitrogens is 1. The zero-order chi connectivity index (χ0) is 21.2. The van der Waals surface area contributed by atoms with Crippen LogP contribution in [0.2, 0.25) is 0 Å². The van der Waals surface area contributed by atoms with E-state index in [4.69, 9.17) is 4.74 Å². The predicted molar refractivity (Wildman–Crippen MR) is 100 cm³/mol. The van der Waals surface area contributed by atoms with Crippen molar-refractivity contribution in [2.45, 2.75) is 19.6 Å². The van der Waals surface area contributed by atoms with Crippen LogP contribution >= 0.6 is 0 Å². The number of rotatable bonds is 5. The SMILES string of the molecule is CCn1c(=O)c(=O)[nH]c2cc(C(=O)Nc3ccccc3OCC(F)(F)F)ccc21. The summed E-state index contributed by atoms with van der Waals surface area (Å²) in [7, 11) is 0. The Morgan fingerprint density at radius 2 is 1.90 bits per heavy atom. The molecule has 3 aromatic rings. The van der Waals surface area contributed by atoms with E-state index in [2.05, 4.69) is 10.3 Å². The summed E-state index contributed by atoms with van der Waals surface area (Å²) in [5.41, 5.74) is -0.585. The van der Waals surface area contributed by atoms with Crippen LogP contribution in [0.1, 0.15) is 17.3 Å². The van der Waals surface area contributed by atoms with Crippen molar-refractivity contribution in [2.24, 2.45) is 0 Å². The number of carbonyl (C=O) groups excluding carboxylic acids is 1.